The van der Waals surface area contributed by atoms with Gasteiger partial charge in [-0.05, 0) is 44.0 Å². The second kappa shape index (κ2) is 6.83. The quantitative estimate of drug-likeness (QED) is 0.896. The maximum atomic E-state index is 12.5. The summed E-state index contributed by atoms with van der Waals surface area (Å²) in [7, 11) is 1.74. The van der Waals surface area contributed by atoms with Crippen LogP contribution >= 0.6 is 0 Å². The van der Waals surface area contributed by atoms with E-state index in [0.29, 0.717) is 18.2 Å². The summed E-state index contributed by atoms with van der Waals surface area (Å²) in [5, 5.41) is 3.28. The van der Waals surface area contributed by atoms with E-state index in [1.165, 1.54) is 10.8 Å². The first kappa shape index (κ1) is 15.0. The van der Waals surface area contributed by atoms with E-state index < -0.39 is 13.0 Å². The van der Waals surface area contributed by atoms with Crippen LogP contribution in [-0.4, -0.2) is 48.5 Å². The SMILES string of the molecule is CN(CC1CCNCC1)C(=O)c1cccn1CC(F)F. The molecule has 0 aliphatic carbocycles. The Bertz CT molecular complexity index is 441. The Morgan fingerprint density at radius 3 is 2.85 bits per heavy atom. The highest BCUT2D eigenvalue weighted by atomic mass is 19.3. The lowest BCUT2D eigenvalue weighted by molar-refractivity contribution is 0.0742. The summed E-state index contributed by atoms with van der Waals surface area (Å²) >= 11 is 0. The predicted octanol–water partition coefficient (Wildman–Crippen LogP) is 1.82. The van der Waals surface area contributed by atoms with Crippen LogP contribution in [0.25, 0.3) is 0 Å². The molecule has 0 radical (unpaired) electrons. The molecule has 2 heterocycles. The minimum Gasteiger partial charge on any atom is -0.340 e. The first-order valence-electron chi connectivity index (χ1n) is 6.97. The Morgan fingerprint density at radius 2 is 2.20 bits per heavy atom. The number of nitrogens with one attached hydrogen (secondary N) is 1. The van der Waals surface area contributed by atoms with Gasteiger partial charge in [0.05, 0.1) is 6.54 Å². The van der Waals surface area contributed by atoms with Crippen LogP contribution in [0.5, 0.6) is 0 Å². The van der Waals surface area contributed by atoms with Crippen molar-refractivity contribution in [1.29, 1.82) is 0 Å². The van der Waals surface area contributed by atoms with E-state index in [1.54, 1.807) is 24.1 Å². The van der Waals surface area contributed by atoms with Gasteiger partial charge in [0.25, 0.3) is 12.3 Å². The van der Waals surface area contributed by atoms with E-state index in [2.05, 4.69) is 5.32 Å². The number of amides is 1. The fourth-order valence-corrected chi connectivity index (χ4v) is 2.65. The maximum absolute atomic E-state index is 12.5. The number of aromatic nitrogens is 1. The summed E-state index contributed by atoms with van der Waals surface area (Å²) in [5.74, 6) is 0.304. The minimum absolute atomic E-state index is 0.186. The molecule has 1 saturated heterocycles. The van der Waals surface area contributed by atoms with Crippen molar-refractivity contribution < 1.29 is 13.6 Å². The zero-order valence-corrected chi connectivity index (χ0v) is 11.7. The van der Waals surface area contributed by atoms with E-state index >= 15 is 0 Å². The molecule has 2 rings (SSSR count). The molecule has 1 aromatic rings. The Kier molecular flexibility index (Phi) is 5.11. The average Bonchev–Trinajstić information content (AvgIpc) is 2.86. The van der Waals surface area contributed by atoms with Gasteiger partial charge in [-0.1, -0.05) is 0 Å². The Morgan fingerprint density at radius 1 is 1.50 bits per heavy atom. The van der Waals surface area contributed by atoms with Gasteiger partial charge in [0.2, 0.25) is 0 Å². The van der Waals surface area contributed by atoms with E-state index in [1.807, 2.05) is 0 Å². The van der Waals surface area contributed by atoms with Crippen LogP contribution in [0, 0.1) is 5.92 Å². The number of rotatable bonds is 5. The lowest BCUT2D eigenvalue weighted by Gasteiger charge is -2.27. The molecule has 20 heavy (non-hydrogen) atoms. The second-order valence-corrected chi connectivity index (χ2v) is 5.32. The lowest BCUT2D eigenvalue weighted by atomic mass is 9.97. The van der Waals surface area contributed by atoms with Crippen molar-refractivity contribution in [1.82, 2.24) is 14.8 Å². The number of hydrogen-bond donors (Lipinski definition) is 1. The molecule has 0 spiro atoms. The van der Waals surface area contributed by atoms with Gasteiger partial charge in [-0.2, -0.15) is 0 Å². The number of carbonyl (C=O) groups excluding carboxylic acids is 1. The first-order chi connectivity index (χ1) is 9.58. The van der Waals surface area contributed by atoms with Crippen LogP contribution < -0.4 is 5.32 Å². The molecule has 1 N–H and O–H groups in total. The number of halogens is 2. The third-order valence-electron chi connectivity index (χ3n) is 3.72. The monoisotopic (exact) mass is 285 g/mol. The second-order valence-electron chi connectivity index (χ2n) is 5.32. The summed E-state index contributed by atoms with van der Waals surface area (Å²) in [5.41, 5.74) is 0.335. The molecule has 0 aromatic carbocycles. The predicted molar refractivity (Wildman–Crippen MR) is 73.0 cm³/mol. The van der Waals surface area contributed by atoms with Gasteiger partial charge in [-0.15, -0.1) is 0 Å². The molecule has 112 valence electrons. The standard InChI is InChI=1S/C14H21F2N3O/c1-18(9-11-4-6-17-7-5-11)14(20)12-3-2-8-19(12)10-13(15)16/h2-3,8,11,13,17H,4-7,9-10H2,1H3. The van der Waals surface area contributed by atoms with E-state index in [9.17, 15) is 13.6 Å². The normalized spacial score (nSPS) is 16.6. The van der Waals surface area contributed by atoms with E-state index in [4.69, 9.17) is 0 Å². The molecule has 0 bridgehead atoms. The first-order valence-corrected chi connectivity index (χ1v) is 6.97. The Labute approximate surface area is 117 Å². The summed E-state index contributed by atoms with van der Waals surface area (Å²) in [6.45, 7) is 2.21. The zero-order chi connectivity index (χ0) is 14.5. The number of piperidine rings is 1. The summed E-state index contributed by atoms with van der Waals surface area (Å²) < 4.78 is 26.3. The molecule has 0 unspecified atom stereocenters. The number of carbonyl (C=O) groups is 1. The summed E-state index contributed by atoms with van der Waals surface area (Å²) in [6, 6.07) is 3.23. The van der Waals surface area contributed by atoms with Gasteiger partial charge in [-0.3, -0.25) is 4.79 Å². The van der Waals surface area contributed by atoms with Crippen molar-refractivity contribution in [3.05, 3.63) is 24.0 Å². The smallest absolute Gasteiger partial charge is 0.270 e. The van der Waals surface area contributed by atoms with E-state index in [-0.39, 0.29) is 5.91 Å². The van der Waals surface area contributed by atoms with Gasteiger partial charge in [-0.25, -0.2) is 8.78 Å². The van der Waals surface area contributed by atoms with Gasteiger partial charge >= 0.3 is 0 Å². The molecule has 0 saturated carbocycles. The number of alkyl halides is 2. The third kappa shape index (κ3) is 3.79. The Hall–Kier alpha value is -1.43. The summed E-state index contributed by atoms with van der Waals surface area (Å²) in [4.78, 5) is 14.0. The molecule has 1 aliphatic heterocycles. The van der Waals surface area contributed by atoms with Crippen LogP contribution in [-0.2, 0) is 6.54 Å². The average molecular weight is 285 g/mol. The third-order valence-corrected chi connectivity index (χ3v) is 3.72. The van der Waals surface area contributed by atoms with Gasteiger partial charge < -0.3 is 14.8 Å². The van der Waals surface area contributed by atoms with Gasteiger partial charge in [0.1, 0.15) is 5.69 Å². The fourth-order valence-electron chi connectivity index (χ4n) is 2.65. The lowest BCUT2D eigenvalue weighted by Crippen LogP contribution is -2.37. The molecule has 0 atom stereocenters. The van der Waals surface area contributed by atoms with Crippen LogP contribution in [0.4, 0.5) is 8.78 Å². The van der Waals surface area contributed by atoms with Crippen molar-refractivity contribution in [3.63, 3.8) is 0 Å². The maximum Gasteiger partial charge on any atom is 0.270 e. The van der Waals surface area contributed by atoms with Crippen molar-refractivity contribution in [2.45, 2.75) is 25.8 Å². The van der Waals surface area contributed by atoms with Gasteiger partial charge in [0.15, 0.2) is 0 Å². The highest BCUT2D eigenvalue weighted by molar-refractivity contribution is 5.92. The molecule has 1 aromatic heterocycles. The molecule has 6 heteroatoms. The molecule has 1 fully saturated rings. The van der Waals surface area contributed by atoms with Crippen LogP contribution in [0.1, 0.15) is 23.3 Å². The Balaban J connectivity index is 1.97. The number of hydrogen-bond acceptors (Lipinski definition) is 2. The summed E-state index contributed by atoms with van der Waals surface area (Å²) in [6.07, 6.45) is 1.17. The van der Waals surface area contributed by atoms with Crippen molar-refractivity contribution in [2.75, 3.05) is 26.7 Å². The van der Waals surface area contributed by atoms with Crippen LogP contribution in [0.2, 0.25) is 0 Å². The van der Waals surface area contributed by atoms with Gasteiger partial charge in [0, 0.05) is 19.8 Å². The number of nitrogens with zero attached hydrogens (tertiary/aromatic N) is 2. The van der Waals surface area contributed by atoms with Crippen molar-refractivity contribution in [3.8, 4) is 0 Å². The topological polar surface area (TPSA) is 37.3 Å². The highest BCUT2D eigenvalue weighted by Gasteiger charge is 2.21. The van der Waals surface area contributed by atoms with Crippen LogP contribution in [0.15, 0.2) is 18.3 Å². The fraction of sp³-hybridized carbons (Fsp3) is 0.643. The minimum atomic E-state index is -2.45. The largest absolute Gasteiger partial charge is 0.340 e. The van der Waals surface area contributed by atoms with Crippen molar-refractivity contribution >= 4 is 5.91 Å². The van der Waals surface area contributed by atoms with Crippen molar-refractivity contribution in [2.24, 2.45) is 5.92 Å². The molecular formula is C14H21F2N3O. The zero-order valence-electron chi connectivity index (χ0n) is 11.7. The highest BCUT2D eigenvalue weighted by Crippen LogP contribution is 2.15. The molecule has 4 nitrogen and oxygen atoms in total. The molecule has 1 amide bonds. The molecular weight excluding hydrogens is 264 g/mol. The molecule has 1 aliphatic rings. The van der Waals surface area contributed by atoms with Crippen LogP contribution in [0.3, 0.4) is 0 Å². The van der Waals surface area contributed by atoms with E-state index in [0.717, 1.165) is 25.9 Å².